The molecule has 1 heterocycles. The fraction of sp³-hybridized carbons (Fsp3) is 0.800. The van der Waals surface area contributed by atoms with Crippen LogP contribution >= 0.6 is 0 Å². The van der Waals surface area contributed by atoms with Gasteiger partial charge in [0.15, 0.2) is 5.79 Å². The Kier molecular flexibility index (Phi) is 1.77. The van der Waals surface area contributed by atoms with Crippen molar-refractivity contribution in [3.8, 4) is 0 Å². The quantitative estimate of drug-likeness (QED) is 0.601. The van der Waals surface area contributed by atoms with Crippen molar-refractivity contribution in [2.45, 2.75) is 32.0 Å². The summed E-state index contributed by atoms with van der Waals surface area (Å²) in [6, 6.07) is 0. The molecule has 0 aromatic rings. The summed E-state index contributed by atoms with van der Waals surface area (Å²) in [6.45, 7) is 7.33. The van der Waals surface area contributed by atoms with Crippen LogP contribution in [0.4, 0.5) is 0 Å². The third-order valence-electron chi connectivity index (χ3n) is 3.19. The van der Waals surface area contributed by atoms with E-state index in [1.807, 2.05) is 6.08 Å². The van der Waals surface area contributed by atoms with Gasteiger partial charge < -0.3 is 9.47 Å². The Morgan fingerprint density at radius 2 is 1.92 bits per heavy atom. The summed E-state index contributed by atoms with van der Waals surface area (Å²) >= 11 is 0. The van der Waals surface area contributed by atoms with E-state index in [0.29, 0.717) is 0 Å². The predicted octanol–water partition coefficient (Wildman–Crippen LogP) is 2.11. The van der Waals surface area contributed by atoms with Gasteiger partial charge in [-0.2, -0.15) is 0 Å². The largest absolute Gasteiger partial charge is 0.347 e. The van der Waals surface area contributed by atoms with Crippen LogP contribution in [0.1, 0.15) is 26.2 Å². The smallest absolute Gasteiger partial charge is 0.171 e. The molecule has 1 saturated heterocycles. The van der Waals surface area contributed by atoms with Crippen molar-refractivity contribution >= 4 is 0 Å². The second kappa shape index (κ2) is 2.57. The van der Waals surface area contributed by atoms with Gasteiger partial charge in [-0.1, -0.05) is 6.08 Å². The Balaban J connectivity index is 2.10. The number of allylic oxidation sites excluding steroid dienone is 1. The lowest BCUT2D eigenvalue weighted by Gasteiger charge is -2.31. The Hall–Kier alpha value is -0.340. The summed E-state index contributed by atoms with van der Waals surface area (Å²) < 4.78 is 11.3. The zero-order chi connectivity index (χ0) is 8.66. The Labute approximate surface area is 73.5 Å². The molecule has 1 saturated carbocycles. The second-order valence-corrected chi connectivity index (χ2v) is 3.92. The molecule has 2 rings (SSSR count). The van der Waals surface area contributed by atoms with E-state index in [0.717, 1.165) is 19.6 Å². The summed E-state index contributed by atoms with van der Waals surface area (Å²) in [5.74, 6) is -0.318. The first kappa shape index (κ1) is 8.27. The molecule has 1 aliphatic heterocycles. The summed E-state index contributed by atoms with van der Waals surface area (Å²) in [5.41, 5.74) is 0.255. The average Bonchev–Trinajstić information content (AvgIpc) is 2.70. The van der Waals surface area contributed by atoms with E-state index in [4.69, 9.17) is 9.47 Å². The van der Waals surface area contributed by atoms with Gasteiger partial charge in [0.25, 0.3) is 0 Å². The number of hydrogen-bond donors (Lipinski definition) is 0. The van der Waals surface area contributed by atoms with Crippen LogP contribution < -0.4 is 0 Å². The summed E-state index contributed by atoms with van der Waals surface area (Å²) in [5, 5.41) is 0. The molecule has 2 heteroatoms. The Morgan fingerprint density at radius 1 is 1.33 bits per heavy atom. The minimum Gasteiger partial charge on any atom is -0.347 e. The molecule has 1 aliphatic carbocycles. The van der Waals surface area contributed by atoms with Crippen LogP contribution in [0.5, 0.6) is 0 Å². The molecule has 0 aromatic carbocycles. The predicted molar refractivity (Wildman–Crippen MR) is 46.8 cm³/mol. The van der Waals surface area contributed by atoms with Crippen molar-refractivity contribution in [3.63, 3.8) is 0 Å². The second-order valence-electron chi connectivity index (χ2n) is 3.92. The van der Waals surface area contributed by atoms with Crippen molar-refractivity contribution in [2.24, 2.45) is 5.41 Å². The van der Waals surface area contributed by atoms with Gasteiger partial charge in [0.2, 0.25) is 0 Å². The normalized spacial score (nSPS) is 30.1. The maximum absolute atomic E-state index is 5.65. The fourth-order valence-electron chi connectivity index (χ4n) is 2.09. The van der Waals surface area contributed by atoms with Crippen molar-refractivity contribution in [1.29, 1.82) is 0 Å². The third-order valence-corrected chi connectivity index (χ3v) is 3.19. The standard InChI is InChI=1S/C10H16O2/c1-3-4-10(5-6-10)9(2)11-7-8-12-9/h3H,1,4-8H2,2H3. The molecule has 2 nitrogen and oxygen atoms in total. The van der Waals surface area contributed by atoms with Gasteiger partial charge in [-0.05, 0) is 26.2 Å². The SMILES string of the molecule is C=CCC1(C2(C)OCCO2)CC1. The molecule has 0 radical (unpaired) electrons. The van der Waals surface area contributed by atoms with Crippen molar-refractivity contribution in [1.82, 2.24) is 0 Å². The Morgan fingerprint density at radius 3 is 2.33 bits per heavy atom. The molecule has 12 heavy (non-hydrogen) atoms. The van der Waals surface area contributed by atoms with Crippen LogP contribution in [-0.2, 0) is 9.47 Å². The first-order valence-electron chi connectivity index (χ1n) is 4.61. The van der Waals surface area contributed by atoms with E-state index >= 15 is 0 Å². The highest BCUT2D eigenvalue weighted by Crippen LogP contribution is 2.59. The van der Waals surface area contributed by atoms with Crippen LogP contribution in [0.15, 0.2) is 12.7 Å². The average molecular weight is 168 g/mol. The maximum atomic E-state index is 5.65. The molecule has 0 bridgehead atoms. The molecule has 0 unspecified atom stereocenters. The molecule has 0 N–H and O–H groups in total. The Bertz CT molecular complexity index is 188. The minimum absolute atomic E-state index is 0.255. The van der Waals surface area contributed by atoms with Crippen LogP contribution in [0.25, 0.3) is 0 Å². The summed E-state index contributed by atoms with van der Waals surface area (Å²) in [4.78, 5) is 0. The van der Waals surface area contributed by atoms with Gasteiger partial charge in [0.05, 0.1) is 13.2 Å². The lowest BCUT2D eigenvalue weighted by Crippen LogP contribution is -2.37. The minimum atomic E-state index is -0.318. The molecule has 0 atom stereocenters. The van der Waals surface area contributed by atoms with E-state index in [9.17, 15) is 0 Å². The molecule has 0 aromatic heterocycles. The van der Waals surface area contributed by atoms with Crippen LogP contribution in [0.3, 0.4) is 0 Å². The summed E-state index contributed by atoms with van der Waals surface area (Å²) in [7, 11) is 0. The van der Waals surface area contributed by atoms with E-state index in [2.05, 4.69) is 13.5 Å². The molecular weight excluding hydrogens is 152 g/mol. The van der Waals surface area contributed by atoms with E-state index in [1.165, 1.54) is 12.8 Å². The molecule has 0 amide bonds. The highest BCUT2D eigenvalue weighted by atomic mass is 16.7. The van der Waals surface area contributed by atoms with Gasteiger partial charge in [-0.15, -0.1) is 6.58 Å². The van der Waals surface area contributed by atoms with Gasteiger partial charge in [-0.25, -0.2) is 0 Å². The van der Waals surface area contributed by atoms with Gasteiger partial charge >= 0.3 is 0 Å². The number of rotatable bonds is 3. The molecule has 2 fully saturated rings. The van der Waals surface area contributed by atoms with E-state index < -0.39 is 0 Å². The molecule has 2 aliphatic rings. The molecular formula is C10H16O2. The van der Waals surface area contributed by atoms with Gasteiger partial charge in [-0.3, -0.25) is 0 Å². The van der Waals surface area contributed by atoms with Crippen molar-refractivity contribution in [3.05, 3.63) is 12.7 Å². The number of hydrogen-bond acceptors (Lipinski definition) is 2. The number of ether oxygens (including phenoxy) is 2. The lowest BCUT2D eigenvalue weighted by molar-refractivity contribution is -0.191. The third kappa shape index (κ3) is 1.02. The molecule has 68 valence electrons. The van der Waals surface area contributed by atoms with E-state index in [1.54, 1.807) is 0 Å². The first-order chi connectivity index (χ1) is 5.72. The maximum Gasteiger partial charge on any atom is 0.171 e. The lowest BCUT2D eigenvalue weighted by atomic mass is 9.92. The van der Waals surface area contributed by atoms with Crippen molar-refractivity contribution in [2.75, 3.05) is 13.2 Å². The highest BCUT2D eigenvalue weighted by molar-refractivity contribution is 5.06. The zero-order valence-electron chi connectivity index (χ0n) is 7.64. The van der Waals surface area contributed by atoms with Crippen LogP contribution in [0.2, 0.25) is 0 Å². The highest BCUT2D eigenvalue weighted by Gasteiger charge is 2.59. The monoisotopic (exact) mass is 168 g/mol. The van der Waals surface area contributed by atoms with E-state index in [-0.39, 0.29) is 11.2 Å². The van der Waals surface area contributed by atoms with Gasteiger partial charge in [0.1, 0.15) is 0 Å². The topological polar surface area (TPSA) is 18.5 Å². The zero-order valence-corrected chi connectivity index (χ0v) is 7.64. The fourth-order valence-corrected chi connectivity index (χ4v) is 2.09. The summed E-state index contributed by atoms with van der Waals surface area (Å²) in [6.07, 6.45) is 5.43. The molecule has 0 spiro atoms. The van der Waals surface area contributed by atoms with Crippen LogP contribution in [0, 0.1) is 5.41 Å². The van der Waals surface area contributed by atoms with Gasteiger partial charge in [0, 0.05) is 5.41 Å². The first-order valence-corrected chi connectivity index (χ1v) is 4.61. The van der Waals surface area contributed by atoms with Crippen molar-refractivity contribution < 1.29 is 9.47 Å². The van der Waals surface area contributed by atoms with Crippen LogP contribution in [-0.4, -0.2) is 19.0 Å².